The fourth-order valence-corrected chi connectivity index (χ4v) is 2.60. The van der Waals surface area contributed by atoms with Crippen LogP contribution in [0.25, 0.3) is 0 Å². The van der Waals surface area contributed by atoms with Gasteiger partial charge in [0.15, 0.2) is 6.61 Å². The maximum Gasteiger partial charge on any atom is 0.416 e. The molecule has 0 heterocycles. The van der Waals surface area contributed by atoms with E-state index in [2.05, 4.69) is 5.32 Å². The normalized spacial score (nSPS) is 11.0. The first-order valence-electron chi connectivity index (χ1n) is 8.17. The molecule has 0 aliphatic carbocycles. The largest absolute Gasteiger partial charge is 0.495 e. The van der Waals surface area contributed by atoms with Gasteiger partial charge < -0.3 is 19.5 Å². The third-order valence-corrected chi connectivity index (χ3v) is 4.01. The maximum atomic E-state index is 12.7. The topological polar surface area (TPSA) is 73.9 Å². The molecular weight excluding hydrogens is 415 g/mol. The number of rotatable bonds is 7. The highest BCUT2D eigenvalue weighted by atomic mass is 35.5. The van der Waals surface area contributed by atoms with Crippen LogP contribution in [0.1, 0.15) is 11.1 Å². The predicted octanol–water partition coefficient (Wildman–Crippen LogP) is 4.10. The molecule has 0 aliphatic heterocycles. The van der Waals surface area contributed by atoms with Crippen LogP contribution in [0.5, 0.6) is 11.5 Å². The summed E-state index contributed by atoms with van der Waals surface area (Å²) in [5.41, 5.74) is -0.508. The zero-order chi connectivity index (χ0) is 21.6. The molecule has 0 aromatic heterocycles. The molecule has 2 aromatic rings. The average Bonchev–Trinajstić information content (AvgIpc) is 2.67. The lowest BCUT2D eigenvalue weighted by Gasteiger charge is -2.13. The van der Waals surface area contributed by atoms with Gasteiger partial charge in [0.05, 0.1) is 36.9 Å². The minimum Gasteiger partial charge on any atom is -0.495 e. The summed E-state index contributed by atoms with van der Waals surface area (Å²) in [5.74, 6) is -0.964. The van der Waals surface area contributed by atoms with Gasteiger partial charge in [-0.15, -0.1) is 0 Å². The predicted molar refractivity (Wildman–Crippen MR) is 99.3 cm³/mol. The lowest BCUT2D eigenvalue weighted by molar-refractivity contribution is -0.146. The number of ether oxygens (including phenoxy) is 3. The summed E-state index contributed by atoms with van der Waals surface area (Å²) in [4.78, 5) is 23.9. The summed E-state index contributed by atoms with van der Waals surface area (Å²) in [5, 5.41) is 2.76. The van der Waals surface area contributed by atoms with Crippen LogP contribution in [-0.2, 0) is 26.9 Å². The van der Waals surface area contributed by atoms with E-state index < -0.39 is 36.6 Å². The summed E-state index contributed by atoms with van der Waals surface area (Å²) in [6, 6.07) is 7.18. The van der Waals surface area contributed by atoms with Crippen molar-refractivity contribution in [3.63, 3.8) is 0 Å². The highest BCUT2D eigenvalue weighted by Crippen LogP contribution is 2.35. The Labute approximate surface area is 169 Å². The summed E-state index contributed by atoms with van der Waals surface area (Å²) < 4.78 is 53.1. The smallest absolute Gasteiger partial charge is 0.416 e. The Bertz CT molecular complexity index is 902. The molecule has 0 saturated heterocycles. The Kier molecular flexibility index (Phi) is 7.33. The Hall–Kier alpha value is -2.94. The van der Waals surface area contributed by atoms with E-state index in [0.29, 0.717) is 5.75 Å². The SMILES string of the molecule is COc1cc(NC(=O)COC(=O)Cc2cccc(C(F)(F)F)c2)c(OC)cc1Cl. The lowest BCUT2D eigenvalue weighted by atomic mass is 10.1. The molecule has 1 N–H and O–H groups in total. The van der Waals surface area contributed by atoms with Gasteiger partial charge in [0, 0.05) is 12.1 Å². The van der Waals surface area contributed by atoms with Crippen molar-refractivity contribution < 1.29 is 37.0 Å². The number of carbonyl (C=O) groups excluding carboxylic acids is 2. The third kappa shape index (κ3) is 6.28. The number of carbonyl (C=O) groups is 2. The third-order valence-electron chi connectivity index (χ3n) is 3.72. The van der Waals surface area contributed by atoms with Crippen LogP contribution in [0.4, 0.5) is 18.9 Å². The van der Waals surface area contributed by atoms with E-state index in [1.165, 1.54) is 38.5 Å². The molecule has 0 bridgehead atoms. The molecule has 1 amide bonds. The number of methoxy groups -OCH3 is 2. The number of hydrogen-bond acceptors (Lipinski definition) is 5. The highest BCUT2D eigenvalue weighted by molar-refractivity contribution is 6.32. The van der Waals surface area contributed by atoms with Crippen molar-refractivity contribution >= 4 is 29.2 Å². The van der Waals surface area contributed by atoms with Crippen LogP contribution in [0.3, 0.4) is 0 Å². The van der Waals surface area contributed by atoms with Crippen molar-refractivity contribution in [3.05, 3.63) is 52.5 Å². The van der Waals surface area contributed by atoms with E-state index in [1.807, 2.05) is 0 Å². The number of halogens is 4. The van der Waals surface area contributed by atoms with Crippen molar-refractivity contribution in [3.8, 4) is 11.5 Å². The van der Waals surface area contributed by atoms with Gasteiger partial charge in [0.1, 0.15) is 11.5 Å². The van der Waals surface area contributed by atoms with Crippen molar-refractivity contribution in [1.82, 2.24) is 0 Å². The molecule has 0 saturated carbocycles. The van der Waals surface area contributed by atoms with Crippen LogP contribution in [0, 0.1) is 0 Å². The molecule has 0 fully saturated rings. The van der Waals surface area contributed by atoms with Gasteiger partial charge in [-0.05, 0) is 11.6 Å². The van der Waals surface area contributed by atoms with E-state index in [1.54, 1.807) is 0 Å². The monoisotopic (exact) mass is 431 g/mol. The second-order valence-corrected chi connectivity index (χ2v) is 6.18. The van der Waals surface area contributed by atoms with Crippen molar-refractivity contribution in [1.29, 1.82) is 0 Å². The summed E-state index contributed by atoms with van der Waals surface area (Å²) in [7, 11) is 2.78. The molecule has 0 radical (unpaired) electrons. The number of benzene rings is 2. The quantitative estimate of drug-likeness (QED) is 0.668. The van der Waals surface area contributed by atoms with Gasteiger partial charge in [0.2, 0.25) is 0 Å². The van der Waals surface area contributed by atoms with Gasteiger partial charge in [-0.1, -0.05) is 29.8 Å². The van der Waals surface area contributed by atoms with E-state index in [-0.39, 0.29) is 22.0 Å². The van der Waals surface area contributed by atoms with Crippen molar-refractivity contribution in [2.24, 2.45) is 0 Å². The van der Waals surface area contributed by atoms with Crippen LogP contribution >= 0.6 is 11.6 Å². The summed E-state index contributed by atoms with van der Waals surface area (Å²) in [6.07, 6.45) is -4.92. The Balaban J connectivity index is 1.95. The number of anilines is 1. The minimum atomic E-state index is -4.52. The molecule has 2 rings (SSSR count). The van der Waals surface area contributed by atoms with E-state index in [9.17, 15) is 22.8 Å². The second kappa shape index (κ2) is 9.51. The van der Waals surface area contributed by atoms with Gasteiger partial charge in [-0.25, -0.2) is 0 Å². The second-order valence-electron chi connectivity index (χ2n) is 5.77. The molecule has 6 nitrogen and oxygen atoms in total. The van der Waals surface area contributed by atoms with Gasteiger partial charge >= 0.3 is 12.1 Å². The fourth-order valence-electron chi connectivity index (χ4n) is 2.37. The first kappa shape index (κ1) is 22.4. The van der Waals surface area contributed by atoms with E-state index in [4.69, 9.17) is 25.8 Å². The van der Waals surface area contributed by atoms with Crippen LogP contribution in [0.2, 0.25) is 5.02 Å². The standard InChI is InChI=1S/C19H17ClF3NO5/c1-27-15-9-14(16(28-2)8-13(15)20)24-17(25)10-29-18(26)7-11-4-3-5-12(6-11)19(21,22)23/h3-6,8-9H,7,10H2,1-2H3,(H,24,25). The van der Waals surface area contributed by atoms with E-state index in [0.717, 1.165) is 12.1 Å². The number of nitrogens with one attached hydrogen (secondary N) is 1. The Morgan fingerprint density at radius 3 is 2.38 bits per heavy atom. The number of hydrogen-bond donors (Lipinski definition) is 1. The van der Waals surface area contributed by atoms with Crippen LogP contribution in [0.15, 0.2) is 36.4 Å². The van der Waals surface area contributed by atoms with E-state index >= 15 is 0 Å². The molecule has 2 aromatic carbocycles. The number of amides is 1. The van der Waals surface area contributed by atoms with Crippen molar-refractivity contribution in [2.75, 3.05) is 26.1 Å². The average molecular weight is 432 g/mol. The molecule has 0 unspecified atom stereocenters. The molecule has 156 valence electrons. The van der Waals surface area contributed by atoms with Gasteiger partial charge in [-0.2, -0.15) is 13.2 Å². The molecule has 0 atom stereocenters. The van der Waals surface area contributed by atoms with Crippen molar-refractivity contribution in [2.45, 2.75) is 12.6 Å². The van der Waals surface area contributed by atoms with Crippen LogP contribution < -0.4 is 14.8 Å². The summed E-state index contributed by atoms with van der Waals surface area (Å²) >= 11 is 5.98. The molecule has 10 heteroatoms. The zero-order valence-corrected chi connectivity index (χ0v) is 16.2. The minimum absolute atomic E-state index is 0.120. The molecular formula is C19H17ClF3NO5. The Morgan fingerprint density at radius 1 is 1.07 bits per heavy atom. The summed E-state index contributed by atoms with van der Waals surface area (Å²) in [6.45, 7) is -0.633. The lowest BCUT2D eigenvalue weighted by Crippen LogP contribution is -2.22. The zero-order valence-electron chi connectivity index (χ0n) is 15.4. The fraction of sp³-hybridized carbons (Fsp3) is 0.263. The number of alkyl halides is 3. The Morgan fingerprint density at radius 2 is 1.76 bits per heavy atom. The first-order valence-corrected chi connectivity index (χ1v) is 8.55. The number of esters is 1. The highest BCUT2D eigenvalue weighted by Gasteiger charge is 2.30. The van der Waals surface area contributed by atoms with Crippen LogP contribution in [-0.4, -0.2) is 32.7 Å². The molecule has 29 heavy (non-hydrogen) atoms. The van der Waals surface area contributed by atoms with Gasteiger partial charge in [-0.3, -0.25) is 9.59 Å². The molecule has 0 spiro atoms. The maximum absolute atomic E-state index is 12.7. The van der Waals surface area contributed by atoms with Gasteiger partial charge in [0.25, 0.3) is 5.91 Å². The molecule has 0 aliphatic rings. The first-order chi connectivity index (χ1) is 13.6.